The Morgan fingerprint density at radius 1 is 1.21 bits per heavy atom. The summed E-state index contributed by atoms with van der Waals surface area (Å²) in [6.07, 6.45) is 5.34. The molecule has 1 amide bonds. The molecule has 1 aliphatic carbocycles. The van der Waals surface area contributed by atoms with Gasteiger partial charge in [0.05, 0.1) is 0 Å². The third-order valence-corrected chi connectivity index (χ3v) is 3.94. The van der Waals surface area contributed by atoms with Crippen LogP contribution in [0.3, 0.4) is 0 Å². The van der Waals surface area contributed by atoms with Gasteiger partial charge in [0.25, 0.3) is 0 Å². The quantitative estimate of drug-likeness (QED) is 0.891. The van der Waals surface area contributed by atoms with E-state index in [1.807, 2.05) is 24.3 Å². The molecule has 4 heteroatoms. The van der Waals surface area contributed by atoms with Crippen molar-refractivity contribution in [1.29, 1.82) is 0 Å². The number of nitrogens with two attached hydrogens (primary N) is 1. The summed E-state index contributed by atoms with van der Waals surface area (Å²) in [7, 11) is 0. The molecule has 0 bridgehead atoms. The van der Waals surface area contributed by atoms with Crippen LogP contribution < -0.4 is 11.1 Å². The van der Waals surface area contributed by atoms with Crippen molar-refractivity contribution in [2.75, 3.05) is 0 Å². The molecule has 19 heavy (non-hydrogen) atoms. The normalized spacial score (nSPS) is 23.1. The average Bonchev–Trinajstić information content (AvgIpc) is 2.41. The lowest BCUT2D eigenvalue weighted by Gasteiger charge is -2.26. The molecule has 1 aromatic carbocycles. The number of aryl methyl sites for hydroxylation is 1. The van der Waals surface area contributed by atoms with E-state index in [9.17, 15) is 4.79 Å². The van der Waals surface area contributed by atoms with Gasteiger partial charge in [-0.3, -0.25) is 4.79 Å². The highest BCUT2D eigenvalue weighted by molar-refractivity contribution is 6.30. The summed E-state index contributed by atoms with van der Waals surface area (Å²) >= 11 is 5.83. The van der Waals surface area contributed by atoms with Crippen LogP contribution in [-0.4, -0.2) is 18.0 Å². The SMILES string of the molecule is NC1CCC(NC(=O)CCc2ccc(Cl)cc2)CC1. The van der Waals surface area contributed by atoms with Gasteiger partial charge in [0.2, 0.25) is 5.91 Å². The number of benzene rings is 1. The van der Waals surface area contributed by atoms with Gasteiger partial charge in [0.1, 0.15) is 0 Å². The van der Waals surface area contributed by atoms with E-state index in [2.05, 4.69) is 5.32 Å². The molecule has 3 N–H and O–H groups in total. The zero-order valence-corrected chi connectivity index (χ0v) is 11.8. The number of nitrogens with one attached hydrogen (secondary N) is 1. The fourth-order valence-corrected chi connectivity index (χ4v) is 2.60. The smallest absolute Gasteiger partial charge is 0.220 e. The predicted octanol–water partition coefficient (Wildman–Crippen LogP) is 2.66. The lowest BCUT2D eigenvalue weighted by molar-refractivity contribution is -0.122. The molecule has 104 valence electrons. The Kier molecular flexibility index (Phi) is 5.23. The first kappa shape index (κ1) is 14.4. The Hall–Kier alpha value is -1.06. The molecule has 2 rings (SSSR count). The van der Waals surface area contributed by atoms with Crippen molar-refractivity contribution in [3.63, 3.8) is 0 Å². The van der Waals surface area contributed by atoms with Gasteiger partial charge >= 0.3 is 0 Å². The standard InChI is InChI=1S/C15H21ClN2O/c16-12-4-1-11(2-5-12)3-10-15(19)18-14-8-6-13(17)7-9-14/h1-2,4-5,13-14H,3,6-10,17H2,(H,18,19). The highest BCUT2D eigenvalue weighted by Crippen LogP contribution is 2.17. The van der Waals surface area contributed by atoms with E-state index in [0.717, 1.165) is 42.7 Å². The number of carbonyl (C=O) groups excluding carboxylic acids is 1. The maximum atomic E-state index is 11.9. The molecule has 3 nitrogen and oxygen atoms in total. The van der Waals surface area contributed by atoms with E-state index >= 15 is 0 Å². The molecule has 1 aliphatic rings. The topological polar surface area (TPSA) is 55.1 Å². The van der Waals surface area contributed by atoms with Gasteiger partial charge in [-0.15, -0.1) is 0 Å². The molecule has 0 aliphatic heterocycles. The van der Waals surface area contributed by atoms with Crippen molar-refractivity contribution in [1.82, 2.24) is 5.32 Å². The summed E-state index contributed by atoms with van der Waals surface area (Å²) in [6, 6.07) is 8.29. The molecule has 1 fully saturated rings. The molecule has 0 radical (unpaired) electrons. The minimum atomic E-state index is 0.135. The first-order valence-corrected chi connectivity index (χ1v) is 7.30. The molecule has 1 saturated carbocycles. The second-order valence-corrected chi connectivity index (χ2v) is 5.74. The first-order valence-electron chi connectivity index (χ1n) is 6.93. The molecular weight excluding hydrogens is 260 g/mol. The first-order chi connectivity index (χ1) is 9.13. The fourth-order valence-electron chi connectivity index (χ4n) is 2.47. The minimum absolute atomic E-state index is 0.135. The Morgan fingerprint density at radius 2 is 1.84 bits per heavy atom. The average molecular weight is 281 g/mol. The van der Waals surface area contributed by atoms with E-state index in [4.69, 9.17) is 17.3 Å². The second kappa shape index (κ2) is 6.92. The molecular formula is C15H21ClN2O. The van der Waals surface area contributed by atoms with E-state index in [1.165, 1.54) is 0 Å². The number of rotatable bonds is 4. The maximum absolute atomic E-state index is 11.9. The molecule has 0 atom stereocenters. The van der Waals surface area contributed by atoms with Gasteiger partial charge < -0.3 is 11.1 Å². The van der Waals surface area contributed by atoms with E-state index < -0.39 is 0 Å². The number of amides is 1. The summed E-state index contributed by atoms with van der Waals surface area (Å²) < 4.78 is 0. The maximum Gasteiger partial charge on any atom is 0.220 e. The summed E-state index contributed by atoms with van der Waals surface area (Å²) in [5.41, 5.74) is 6.99. The van der Waals surface area contributed by atoms with Gasteiger partial charge in [-0.2, -0.15) is 0 Å². The van der Waals surface area contributed by atoms with Gasteiger partial charge in [0, 0.05) is 23.5 Å². The zero-order chi connectivity index (χ0) is 13.7. The largest absolute Gasteiger partial charge is 0.353 e. The van der Waals surface area contributed by atoms with Crippen LogP contribution in [0.25, 0.3) is 0 Å². The van der Waals surface area contributed by atoms with Crippen molar-refractivity contribution in [2.24, 2.45) is 5.73 Å². The van der Waals surface area contributed by atoms with Crippen LogP contribution in [0, 0.1) is 0 Å². The van der Waals surface area contributed by atoms with Gasteiger partial charge in [-0.1, -0.05) is 23.7 Å². The third kappa shape index (κ3) is 4.84. The van der Waals surface area contributed by atoms with E-state index in [-0.39, 0.29) is 5.91 Å². The van der Waals surface area contributed by atoms with Crippen LogP contribution in [0.5, 0.6) is 0 Å². The molecule has 0 unspecified atom stereocenters. The molecule has 0 aromatic heterocycles. The monoisotopic (exact) mass is 280 g/mol. The van der Waals surface area contributed by atoms with E-state index in [0.29, 0.717) is 18.5 Å². The number of hydrogen-bond acceptors (Lipinski definition) is 2. The van der Waals surface area contributed by atoms with Crippen molar-refractivity contribution >= 4 is 17.5 Å². The zero-order valence-electron chi connectivity index (χ0n) is 11.1. The van der Waals surface area contributed by atoms with Crippen LogP contribution in [-0.2, 0) is 11.2 Å². The Balaban J connectivity index is 1.71. The second-order valence-electron chi connectivity index (χ2n) is 5.31. The van der Waals surface area contributed by atoms with Crippen molar-refractivity contribution in [3.8, 4) is 0 Å². The summed E-state index contributed by atoms with van der Waals surface area (Å²) in [5.74, 6) is 0.135. The summed E-state index contributed by atoms with van der Waals surface area (Å²) in [6.45, 7) is 0. The Morgan fingerprint density at radius 3 is 2.47 bits per heavy atom. The van der Waals surface area contributed by atoms with Crippen LogP contribution >= 0.6 is 11.6 Å². The number of halogens is 1. The van der Waals surface area contributed by atoms with Crippen molar-refractivity contribution in [3.05, 3.63) is 34.9 Å². The Labute approximate surface area is 119 Å². The van der Waals surface area contributed by atoms with Gasteiger partial charge in [-0.05, 0) is 49.8 Å². The molecule has 1 aromatic rings. The summed E-state index contributed by atoms with van der Waals surface area (Å²) in [4.78, 5) is 11.9. The van der Waals surface area contributed by atoms with Crippen LogP contribution in [0.4, 0.5) is 0 Å². The van der Waals surface area contributed by atoms with Crippen molar-refractivity contribution in [2.45, 2.75) is 50.6 Å². The van der Waals surface area contributed by atoms with Crippen molar-refractivity contribution < 1.29 is 4.79 Å². The Bertz CT molecular complexity index is 411. The van der Waals surface area contributed by atoms with E-state index in [1.54, 1.807) is 0 Å². The van der Waals surface area contributed by atoms with Crippen LogP contribution in [0.15, 0.2) is 24.3 Å². The van der Waals surface area contributed by atoms with Gasteiger partial charge in [-0.25, -0.2) is 0 Å². The number of hydrogen-bond donors (Lipinski definition) is 2. The molecule has 0 heterocycles. The van der Waals surface area contributed by atoms with Crippen LogP contribution in [0.1, 0.15) is 37.7 Å². The molecule has 0 spiro atoms. The predicted molar refractivity (Wildman–Crippen MR) is 78.1 cm³/mol. The lowest BCUT2D eigenvalue weighted by Crippen LogP contribution is -2.40. The summed E-state index contributed by atoms with van der Waals surface area (Å²) in [5, 5.41) is 3.83. The van der Waals surface area contributed by atoms with Gasteiger partial charge in [0.15, 0.2) is 0 Å². The highest BCUT2D eigenvalue weighted by Gasteiger charge is 2.19. The van der Waals surface area contributed by atoms with Crippen LogP contribution in [0.2, 0.25) is 5.02 Å². The lowest BCUT2D eigenvalue weighted by atomic mass is 9.92. The highest BCUT2D eigenvalue weighted by atomic mass is 35.5. The molecule has 0 saturated heterocycles. The third-order valence-electron chi connectivity index (χ3n) is 3.69. The minimum Gasteiger partial charge on any atom is -0.353 e. The fraction of sp³-hybridized carbons (Fsp3) is 0.533. The number of carbonyl (C=O) groups is 1.